The Hall–Kier alpha value is -0.870. The molecule has 0 aliphatic carbocycles. The van der Waals surface area contributed by atoms with E-state index in [4.69, 9.17) is 5.11 Å². The van der Waals surface area contributed by atoms with Crippen LogP contribution in [0.15, 0.2) is 16.8 Å². The monoisotopic (exact) mass is 255 g/mol. The lowest BCUT2D eigenvalue weighted by molar-refractivity contribution is -0.137. The first-order valence-corrected chi connectivity index (χ1v) is 6.88. The molecule has 0 aromatic carbocycles. The van der Waals surface area contributed by atoms with E-state index in [9.17, 15) is 4.79 Å². The van der Waals surface area contributed by atoms with E-state index in [0.717, 1.165) is 6.42 Å². The second kappa shape index (κ2) is 6.77. The Morgan fingerprint density at radius 3 is 2.71 bits per heavy atom. The Balaban J connectivity index is 2.55. The smallest absolute Gasteiger partial charge is 0.304 e. The van der Waals surface area contributed by atoms with Crippen LogP contribution in [-0.2, 0) is 11.2 Å². The van der Waals surface area contributed by atoms with Crippen LogP contribution in [0.2, 0.25) is 0 Å². The zero-order chi connectivity index (χ0) is 12.8. The summed E-state index contributed by atoms with van der Waals surface area (Å²) in [7, 11) is 2.01. The van der Waals surface area contributed by atoms with Crippen LogP contribution in [0.1, 0.15) is 25.8 Å². The van der Waals surface area contributed by atoms with Crippen molar-refractivity contribution in [1.82, 2.24) is 4.90 Å². The van der Waals surface area contributed by atoms with Crippen LogP contribution in [0.3, 0.4) is 0 Å². The average Bonchev–Trinajstić information content (AvgIpc) is 2.74. The topological polar surface area (TPSA) is 40.5 Å². The molecule has 1 N–H and O–H groups in total. The third-order valence-electron chi connectivity index (χ3n) is 3.04. The molecule has 0 aliphatic heterocycles. The third kappa shape index (κ3) is 4.88. The fourth-order valence-electron chi connectivity index (χ4n) is 1.99. The summed E-state index contributed by atoms with van der Waals surface area (Å²) in [6.07, 6.45) is 1.21. The number of nitrogens with zero attached hydrogens (tertiary/aromatic N) is 1. The van der Waals surface area contributed by atoms with E-state index in [2.05, 4.69) is 35.6 Å². The molecule has 1 aromatic rings. The normalized spacial score (nSPS) is 13.2. The van der Waals surface area contributed by atoms with Gasteiger partial charge in [-0.25, -0.2) is 0 Å². The van der Waals surface area contributed by atoms with Crippen molar-refractivity contribution in [1.29, 1.82) is 0 Å². The van der Waals surface area contributed by atoms with Crippen LogP contribution in [0.5, 0.6) is 0 Å². The fraction of sp³-hybridized carbons (Fsp3) is 0.615. The van der Waals surface area contributed by atoms with E-state index < -0.39 is 5.97 Å². The first kappa shape index (κ1) is 14.2. The van der Waals surface area contributed by atoms with Gasteiger partial charge in [0.25, 0.3) is 0 Å². The van der Waals surface area contributed by atoms with Crippen LogP contribution < -0.4 is 0 Å². The van der Waals surface area contributed by atoms with Gasteiger partial charge in [0.05, 0.1) is 6.42 Å². The Labute approximate surface area is 107 Å². The van der Waals surface area contributed by atoms with Gasteiger partial charge < -0.3 is 10.0 Å². The summed E-state index contributed by atoms with van der Waals surface area (Å²) >= 11 is 1.71. The SMILES string of the molecule is CC(C)C(Cc1ccsc1)N(C)CCC(=O)O. The fourth-order valence-corrected chi connectivity index (χ4v) is 2.67. The van der Waals surface area contributed by atoms with Crippen molar-refractivity contribution in [2.75, 3.05) is 13.6 Å². The van der Waals surface area contributed by atoms with E-state index >= 15 is 0 Å². The third-order valence-corrected chi connectivity index (χ3v) is 3.77. The van der Waals surface area contributed by atoms with E-state index in [0.29, 0.717) is 18.5 Å². The quantitative estimate of drug-likeness (QED) is 0.814. The van der Waals surface area contributed by atoms with Gasteiger partial charge in [-0.1, -0.05) is 13.8 Å². The van der Waals surface area contributed by atoms with Gasteiger partial charge in [0.2, 0.25) is 0 Å². The summed E-state index contributed by atoms with van der Waals surface area (Å²) in [6, 6.07) is 2.55. The minimum atomic E-state index is -0.727. The molecule has 0 aliphatic rings. The molecule has 0 radical (unpaired) electrons. The summed E-state index contributed by atoms with van der Waals surface area (Å²) in [6.45, 7) is 4.99. The summed E-state index contributed by atoms with van der Waals surface area (Å²) in [5.74, 6) is -0.205. The molecule has 17 heavy (non-hydrogen) atoms. The minimum Gasteiger partial charge on any atom is -0.481 e. The van der Waals surface area contributed by atoms with Crippen molar-refractivity contribution in [3.8, 4) is 0 Å². The summed E-state index contributed by atoms with van der Waals surface area (Å²) < 4.78 is 0. The highest BCUT2D eigenvalue weighted by Crippen LogP contribution is 2.17. The van der Waals surface area contributed by atoms with Crippen LogP contribution in [0.4, 0.5) is 0 Å². The highest BCUT2D eigenvalue weighted by Gasteiger charge is 2.19. The standard InChI is InChI=1S/C13H21NO2S/c1-10(2)12(8-11-5-7-17-9-11)14(3)6-4-13(15)16/h5,7,9-10,12H,4,6,8H2,1-3H3,(H,15,16). The van der Waals surface area contributed by atoms with E-state index in [1.807, 2.05) is 7.05 Å². The Kier molecular flexibility index (Phi) is 5.65. The molecule has 4 heteroatoms. The number of carboxylic acids is 1. The summed E-state index contributed by atoms with van der Waals surface area (Å²) in [5, 5.41) is 13.0. The lowest BCUT2D eigenvalue weighted by Gasteiger charge is -2.30. The number of aliphatic carboxylic acids is 1. The number of thiophene rings is 1. The van der Waals surface area contributed by atoms with E-state index in [1.54, 1.807) is 11.3 Å². The predicted molar refractivity (Wildman–Crippen MR) is 71.5 cm³/mol. The molecular weight excluding hydrogens is 234 g/mol. The molecule has 0 saturated carbocycles. The molecule has 96 valence electrons. The highest BCUT2D eigenvalue weighted by molar-refractivity contribution is 7.07. The molecular formula is C13H21NO2S. The maximum Gasteiger partial charge on any atom is 0.304 e. The molecule has 1 rings (SSSR count). The van der Waals surface area contributed by atoms with Gasteiger partial charge in [0.15, 0.2) is 0 Å². The lowest BCUT2D eigenvalue weighted by atomic mass is 9.96. The van der Waals surface area contributed by atoms with Crippen molar-refractivity contribution >= 4 is 17.3 Å². The van der Waals surface area contributed by atoms with Crippen LogP contribution in [0, 0.1) is 5.92 Å². The molecule has 0 bridgehead atoms. The number of hydrogen-bond donors (Lipinski definition) is 1. The van der Waals surface area contributed by atoms with Gasteiger partial charge in [0.1, 0.15) is 0 Å². The summed E-state index contributed by atoms with van der Waals surface area (Å²) in [5.41, 5.74) is 1.34. The first-order valence-electron chi connectivity index (χ1n) is 5.93. The van der Waals surface area contributed by atoms with Gasteiger partial charge in [-0.3, -0.25) is 4.79 Å². The molecule has 0 fully saturated rings. The largest absolute Gasteiger partial charge is 0.481 e. The van der Waals surface area contributed by atoms with Gasteiger partial charge in [-0.15, -0.1) is 0 Å². The first-order chi connectivity index (χ1) is 8.00. The van der Waals surface area contributed by atoms with Gasteiger partial charge in [0, 0.05) is 12.6 Å². The lowest BCUT2D eigenvalue weighted by Crippen LogP contribution is -2.38. The number of rotatable bonds is 7. The van der Waals surface area contributed by atoms with Crippen molar-refractivity contribution in [3.05, 3.63) is 22.4 Å². The number of carbonyl (C=O) groups is 1. The molecule has 1 atom stereocenters. The molecule has 1 aromatic heterocycles. The summed E-state index contributed by atoms with van der Waals surface area (Å²) in [4.78, 5) is 12.8. The number of likely N-dealkylation sites (N-methyl/N-ethyl adjacent to an activating group) is 1. The second-order valence-corrected chi connectivity index (χ2v) is 5.55. The number of hydrogen-bond acceptors (Lipinski definition) is 3. The van der Waals surface area contributed by atoms with Gasteiger partial charge in [-0.2, -0.15) is 11.3 Å². The minimum absolute atomic E-state index is 0.212. The second-order valence-electron chi connectivity index (χ2n) is 4.77. The van der Waals surface area contributed by atoms with Crippen LogP contribution in [0.25, 0.3) is 0 Å². The molecule has 0 spiro atoms. The average molecular weight is 255 g/mol. The van der Waals surface area contributed by atoms with Crippen LogP contribution >= 0.6 is 11.3 Å². The zero-order valence-corrected chi connectivity index (χ0v) is 11.5. The Morgan fingerprint density at radius 2 is 2.24 bits per heavy atom. The van der Waals surface area contributed by atoms with Crippen molar-refractivity contribution in [3.63, 3.8) is 0 Å². The molecule has 0 saturated heterocycles. The molecule has 1 unspecified atom stereocenters. The van der Waals surface area contributed by atoms with Crippen LogP contribution in [-0.4, -0.2) is 35.6 Å². The van der Waals surface area contributed by atoms with Crippen molar-refractivity contribution in [2.24, 2.45) is 5.92 Å². The zero-order valence-electron chi connectivity index (χ0n) is 10.7. The molecule has 0 amide bonds. The molecule has 3 nitrogen and oxygen atoms in total. The predicted octanol–water partition coefficient (Wildman–Crippen LogP) is 2.72. The van der Waals surface area contributed by atoms with Crippen molar-refractivity contribution < 1.29 is 9.90 Å². The highest BCUT2D eigenvalue weighted by atomic mass is 32.1. The maximum atomic E-state index is 10.6. The Bertz CT molecular complexity index is 335. The molecule has 1 heterocycles. The number of carboxylic acid groups (broad SMARTS) is 1. The van der Waals surface area contributed by atoms with E-state index in [-0.39, 0.29) is 6.42 Å². The van der Waals surface area contributed by atoms with E-state index in [1.165, 1.54) is 5.56 Å². The Morgan fingerprint density at radius 1 is 1.53 bits per heavy atom. The van der Waals surface area contributed by atoms with Crippen molar-refractivity contribution in [2.45, 2.75) is 32.7 Å². The maximum absolute atomic E-state index is 10.6. The van der Waals surface area contributed by atoms with Gasteiger partial charge >= 0.3 is 5.97 Å². The van der Waals surface area contributed by atoms with Gasteiger partial charge in [-0.05, 0) is 41.8 Å².